The molecule has 0 radical (unpaired) electrons. The second kappa shape index (κ2) is 4.62. The molecule has 1 aliphatic rings. The predicted molar refractivity (Wildman–Crippen MR) is 69.3 cm³/mol. The van der Waals surface area contributed by atoms with Gasteiger partial charge < -0.3 is 14.3 Å². The minimum absolute atomic E-state index is 0.309. The first-order valence-electron chi connectivity index (χ1n) is 6.57. The fourth-order valence-corrected chi connectivity index (χ4v) is 2.99. The first kappa shape index (κ1) is 12.6. The van der Waals surface area contributed by atoms with Crippen molar-refractivity contribution in [3.63, 3.8) is 0 Å². The summed E-state index contributed by atoms with van der Waals surface area (Å²) in [5, 5.41) is 11.2. The molecular formula is C15H17FO3. The Kier molecular flexibility index (Phi) is 3.07. The Morgan fingerprint density at radius 2 is 2.05 bits per heavy atom. The lowest BCUT2D eigenvalue weighted by atomic mass is 9.92. The Morgan fingerprint density at radius 1 is 1.32 bits per heavy atom. The van der Waals surface area contributed by atoms with E-state index in [1.807, 2.05) is 0 Å². The van der Waals surface area contributed by atoms with Gasteiger partial charge in [-0.3, -0.25) is 0 Å². The van der Waals surface area contributed by atoms with Crippen LogP contribution < -0.4 is 0 Å². The summed E-state index contributed by atoms with van der Waals surface area (Å²) in [6.45, 7) is 0. The van der Waals surface area contributed by atoms with Crippen LogP contribution in [0.15, 0.2) is 28.7 Å². The van der Waals surface area contributed by atoms with Gasteiger partial charge in [0.05, 0.1) is 0 Å². The molecule has 102 valence electrons. The summed E-state index contributed by atoms with van der Waals surface area (Å²) in [7, 11) is 1.62. The van der Waals surface area contributed by atoms with Gasteiger partial charge in [0.2, 0.25) is 0 Å². The Bertz CT molecular complexity index is 584. The lowest BCUT2D eigenvalue weighted by Crippen LogP contribution is -2.35. The van der Waals surface area contributed by atoms with E-state index in [0.717, 1.165) is 25.7 Å². The van der Waals surface area contributed by atoms with Crippen molar-refractivity contribution in [3.8, 4) is 0 Å². The van der Waals surface area contributed by atoms with Crippen LogP contribution in [0.4, 0.5) is 4.39 Å². The maximum absolute atomic E-state index is 13.2. The molecule has 0 spiro atoms. The molecule has 1 N–H and O–H groups in total. The molecule has 1 saturated carbocycles. The molecule has 0 aliphatic heterocycles. The molecule has 1 aromatic carbocycles. The van der Waals surface area contributed by atoms with Crippen molar-refractivity contribution in [1.29, 1.82) is 0 Å². The summed E-state index contributed by atoms with van der Waals surface area (Å²) in [5.74, 6) is 0.140. The molecule has 0 bridgehead atoms. The Morgan fingerprint density at radius 3 is 2.74 bits per heavy atom. The average molecular weight is 264 g/mol. The van der Waals surface area contributed by atoms with E-state index in [2.05, 4.69) is 0 Å². The summed E-state index contributed by atoms with van der Waals surface area (Å²) in [5.41, 5.74) is 0.0200. The molecule has 19 heavy (non-hydrogen) atoms. The maximum atomic E-state index is 13.2. The Hall–Kier alpha value is -1.39. The van der Waals surface area contributed by atoms with Crippen molar-refractivity contribution in [3.05, 3.63) is 35.8 Å². The molecule has 1 atom stereocenters. The van der Waals surface area contributed by atoms with Gasteiger partial charge in [-0.15, -0.1) is 0 Å². The zero-order valence-electron chi connectivity index (χ0n) is 10.9. The third-order valence-corrected chi connectivity index (χ3v) is 4.12. The third kappa shape index (κ3) is 2.05. The third-order valence-electron chi connectivity index (χ3n) is 4.12. The van der Waals surface area contributed by atoms with E-state index < -0.39 is 11.7 Å². The maximum Gasteiger partial charge on any atom is 0.140 e. The van der Waals surface area contributed by atoms with Gasteiger partial charge in [0.25, 0.3) is 0 Å². The number of furan rings is 1. The van der Waals surface area contributed by atoms with Gasteiger partial charge in [-0.05, 0) is 37.1 Å². The highest BCUT2D eigenvalue weighted by molar-refractivity contribution is 5.78. The normalized spacial score (nSPS) is 19.9. The van der Waals surface area contributed by atoms with Gasteiger partial charge in [-0.25, -0.2) is 4.39 Å². The molecule has 1 aliphatic carbocycles. The number of methoxy groups -OCH3 is 1. The molecule has 1 heterocycles. The van der Waals surface area contributed by atoms with E-state index in [1.165, 1.54) is 12.1 Å². The van der Waals surface area contributed by atoms with E-state index in [9.17, 15) is 9.50 Å². The van der Waals surface area contributed by atoms with Crippen LogP contribution in [0.25, 0.3) is 11.0 Å². The molecule has 0 amide bonds. The second-order valence-electron chi connectivity index (χ2n) is 5.21. The second-order valence-corrected chi connectivity index (χ2v) is 5.21. The largest absolute Gasteiger partial charge is 0.458 e. The van der Waals surface area contributed by atoms with Gasteiger partial charge in [-0.1, -0.05) is 12.8 Å². The number of aliphatic hydroxyl groups is 1. The zero-order valence-corrected chi connectivity index (χ0v) is 10.9. The Labute approximate surface area is 111 Å². The van der Waals surface area contributed by atoms with E-state index >= 15 is 0 Å². The van der Waals surface area contributed by atoms with E-state index in [0.29, 0.717) is 16.7 Å². The number of halogens is 1. The van der Waals surface area contributed by atoms with Crippen LogP contribution in [-0.2, 0) is 4.74 Å². The summed E-state index contributed by atoms with van der Waals surface area (Å²) in [4.78, 5) is 0. The van der Waals surface area contributed by atoms with Crippen LogP contribution in [0.2, 0.25) is 0 Å². The highest BCUT2D eigenvalue weighted by Crippen LogP contribution is 2.43. The number of hydrogen-bond donors (Lipinski definition) is 1. The van der Waals surface area contributed by atoms with Crippen LogP contribution in [0.5, 0.6) is 0 Å². The number of fused-ring (bicyclic) bond motifs is 1. The molecule has 1 aromatic heterocycles. The molecule has 4 heteroatoms. The van der Waals surface area contributed by atoms with Gasteiger partial charge in [0.15, 0.2) is 0 Å². The Balaban J connectivity index is 1.99. The van der Waals surface area contributed by atoms with Crippen molar-refractivity contribution in [2.75, 3.05) is 7.11 Å². The highest BCUT2D eigenvalue weighted by Gasteiger charge is 2.43. The molecular weight excluding hydrogens is 247 g/mol. The van der Waals surface area contributed by atoms with E-state index in [-0.39, 0.29) is 5.82 Å². The van der Waals surface area contributed by atoms with E-state index in [1.54, 1.807) is 19.2 Å². The molecule has 3 rings (SSSR count). The standard InChI is InChI=1S/C15H17FO3/c1-18-15(6-2-3-7-15)14(17)13-9-10-8-11(16)4-5-12(10)19-13/h4-5,8-9,14,17H,2-3,6-7H2,1H3. The lowest BCUT2D eigenvalue weighted by Gasteiger charge is -2.31. The first-order chi connectivity index (χ1) is 9.14. The van der Waals surface area contributed by atoms with Crippen molar-refractivity contribution in [2.24, 2.45) is 0 Å². The quantitative estimate of drug-likeness (QED) is 0.921. The number of hydrogen-bond acceptors (Lipinski definition) is 3. The van der Waals surface area contributed by atoms with E-state index in [4.69, 9.17) is 9.15 Å². The number of ether oxygens (including phenoxy) is 1. The smallest absolute Gasteiger partial charge is 0.140 e. The topological polar surface area (TPSA) is 42.6 Å². The fourth-order valence-electron chi connectivity index (χ4n) is 2.99. The molecule has 3 nitrogen and oxygen atoms in total. The zero-order chi connectivity index (χ0) is 13.5. The average Bonchev–Trinajstić information content (AvgIpc) is 3.04. The minimum atomic E-state index is -0.810. The van der Waals surface area contributed by atoms with Crippen LogP contribution >= 0.6 is 0 Å². The monoisotopic (exact) mass is 264 g/mol. The van der Waals surface area contributed by atoms with Crippen molar-refractivity contribution in [2.45, 2.75) is 37.4 Å². The number of rotatable bonds is 3. The molecule has 2 aromatic rings. The first-order valence-corrected chi connectivity index (χ1v) is 6.57. The highest BCUT2D eigenvalue weighted by atomic mass is 19.1. The van der Waals surface area contributed by atoms with Gasteiger partial charge in [0, 0.05) is 12.5 Å². The van der Waals surface area contributed by atoms with Crippen molar-refractivity contribution < 1.29 is 18.7 Å². The lowest BCUT2D eigenvalue weighted by molar-refractivity contribution is -0.107. The van der Waals surface area contributed by atoms with Crippen LogP contribution in [-0.4, -0.2) is 17.8 Å². The molecule has 0 saturated heterocycles. The fraction of sp³-hybridized carbons (Fsp3) is 0.467. The van der Waals surface area contributed by atoms with Crippen molar-refractivity contribution >= 4 is 11.0 Å². The van der Waals surface area contributed by atoms with Gasteiger partial charge >= 0.3 is 0 Å². The number of aliphatic hydroxyl groups excluding tert-OH is 1. The SMILES string of the molecule is COC1(C(O)c2cc3cc(F)ccc3o2)CCCC1. The molecule has 1 fully saturated rings. The van der Waals surface area contributed by atoms with Crippen LogP contribution in [0, 0.1) is 5.82 Å². The summed E-state index contributed by atoms with van der Waals surface area (Å²) < 4.78 is 24.3. The number of benzene rings is 1. The molecule has 1 unspecified atom stereocenters. The summed E-state index contributed by atoms with van der Waals surface area (Å²) >= 11 is 0. The van der Waals surface area contributed by atoms with Gasteiger partial charge in [0.1, 0.15) is 28.9 Å². The predicted octanol–water partition coefficient (Wildman–Crippen LogP) is 3.56. The summed E-state index contributed by atoms with van der Waals surface area (Å²) in [6, 6.07) is 6.03. The summed E-state index contributed by atoms with van der Waals surface area (Å²) in [6.07, 6.45) is 2.90. The minimum Gasteiger partial charge on any atom is -0.458 e. The van der Waals surface area contributed by atoms with Crippen LogP contribution in [0.1, 0.15) is 37.5 Å². The van der Waals surface area contributed by atoms with Crippen LogP contribution in [0.3, 0.4) is 0 Å². The van der Waals surface area contributed by atoms with Crippen molar-refractivity contribution in [1.82, 2.24) is 0 Å². The van der Waals surface area contributed by atoms with Gasteiger partial charge in [-0.2, -0.15) is 0 Å².